The average molecular weight is 387 g/mol. The Morgan fingerprint density at radius 2 is 1.70 bits per heavy atom. The van der Waals surface area contributed by atoms with E-state index in [9.17, 15) is 13.2 Å². The van der Waals surface area contributed by atoms with Crippen LogP contribution in [0.5, 0.6) is 0 Å². The van der Waals surface area contributed by atoms with Crippen LogP contribution >= 0.6 is 0 Å². The molecule has 8 nitrogen and oxygen atoms in total. The number of pyridine rings is 1. The highest BCUT2D eigenvalue weighted by molar-refractivity contribution is 7.94. The number of anilines is 2. The Balaban J connectivity index is 2.00. The van der Waals surface area contributed by atoms with Crippen LogP contribution in [-0.4, -0.2) is 23.0 Å². The molecule has 3 rings (SSSR count). The van der Waals surface area contributed by atoms with Crippen LogP contribution in [0.15, 0.2) is 41.2 Å². The van der Waals surface area contributed by atoms with Crippen LogP contribution in [0.25, 0.3) is 10.9 Å². The van der Waals surface area contributed by atoms with Gasteiger partial charge in [0.25, 0.3) is 5.56 Å². The molecule has 2 aromatic heterocycles. The minimum absolute atomic E-state index is 0.0244. The topological polar surface area (TPSA) is 106 Å². The van der Waals surface area contributed by atoms with E-state index in [1.807, 2.05) is 13.0 Å². The average Bonchev–Trinajstić information content (AvgIpc) is 2.56. The summed E-state index contributed by atoms with van der Waals surface area (Å²) in [4.78, 5) is 20.6. The molecule has 2 heterocycles. The lowest BCUT2D eigenvalue weighted by Gasteiger charge is -2.15. The number of hydrogen-bond donors (Lipinski definition) is 2. The van der Waals surface area contributed by atoms with Crippen molar-refractivity contribution in [1.29, 1.82) is 0 Å². The summed E-state index contributed by atoms with van der Waals surface area (Å²) in [6, 6.07) is 10.2. The molecule has 0 saturated heterocycles. The first-order chi connectivity index (χ1) is 12.8. The Morgan fingerprint density at radius 1 is 1.04 bits per heavy atom. The van der Waals surface area contributed by atoms with Gasteiger partial charge >= 0.3 is 10.2 Å². The van der Waals surface area contributed by atoms with Crippen molar-refractivity contribution in [3.05, 3.63) is 58.1 Å². The molecule has 0 radical (unpaired) electrons. The second-order valence-electron chi connectivity index (χ2n) is 6.25. The standard InChI is InChI=1S/C18H21N5O3S/c1-4-9-23-16-8-6-5-7-14(16)15(11-17(23)24)21-27(25,26)22-18-19-12(2)10-13(3)20-18/h5-8,10-11,21H,4,9H2,1-3H3,(H,19,20,22). The van der Waals surface area contributed by atoms with E-state index in [-0.39, 0.29) is 17.2 Å². The number of benzene rings is 1. The maximum absolute atomic E-state index is 12.5. The molecule has 0 fully saturated rings. The number of para-hydroxylation sites is 1. The molecule has 3 aromatic rings. The molecule has 0 spiro atoms. The first-order valence-corrected chi connectivity index (χ1v) is 10.0. The maximum atomic E-state index is 12.5. The summed E-state index contributed by atoms with van der Waals surface area (Å²) < 4.78 is 31.5. The summed E-state index contributed by atoms with van der Waals surface area (Å²) in [7, 11) is -4.03. The van der Waals surface area contributed by atoms with Crippen molar-refractivity contribution < 1.29 is 8.42 Å². The van der Waals surface area contributed by atoms with E-state index in [0.717, 1.165) is 6.42 Å². The van der Waals surface area contributed by atoms with Gasteiger partial charge in [-0.25, -0.2) is 14.7 Å². The summed E-state index contributed by atoms with van der Waals surface area (Å²) in [5, 5.41) is 0.636. The van der Waals surface area contributed by atoms with Crippen molar-refractivity contribution in [3.63, 3.8) is 0 Å². The van der Waals surface area contributed by atoms with Crippen LogP contribution in [0, 0.1) is 13.8 Å². The number of nitrogens with one attached hydrogen (secondary N) is 2. The molecule has 0 bridgehead atoms. The molecular formula is C18H21N5O3S. The predicted octanol–water partition coefficient (Wildman–Crippen LogP) is 2.59. The lowest BCUT2D eigenvalue weighted by atomic mass is 10.2. The number of fused-ring (bicyclic) bond motifs is 1. The molecule has 0 atom stereocenters. The highest BCUT2D eigenvalue weighted by Gasteiger charge is 2.16. The smallest absolute Gasteiger partial charge is 0.308 e. The summed E-state index contributed by atoms with van der Waals surface area (Å²) >= 11 is 0. The third kappa shape index (κ3) is 4.25. The van der Waals surface area contributed by atoms with Crippen molar-refractivity contribution in [2.45, 2.75) is 33.7 Å². The third-order valence-corrected chi connectivity index (χ3v) is 4.86. The summed E-state index contributed by atoms with van der Waals surface area (Å²) in [5.74, 6) is -0.0244. The second-order valence-corrected chi connectivity index (χ2v) is 7.66. The zero-order valence-electron chi connectivity index (χ0n) is 15.4. The predicted molar refractivity (Wildman–Crippen MR) is 106 cm³/mol. The van der Waals surface area contributed by atoms with Gasteiger partial charge in [-0.15, -0.1) is 0 Å². The number of nitrogens with zero attached hydrogens (tertiary/aromatic N) is 3. The largest absolute Gasteiger partial charge is 0.323 e. The molecule has 0 aliphatic carbocycles. The van der Waals surface area contributed by atoms with E-state index in [1.165, 1.54) is 6.07 Å². The Hall–Kier alpha value is -2.94. The summed E-state index contributed by atoms with van der Waals surface area (Å²) in [6.45, 7) is 6.04. The van der Waals surface area contributed by atoms with Gasteiger partial charge < -0.3 is 4.57 Å². The van der Waals surface area contributed by atoms with Gasteiger partial charge in [0.2, 0.25) is 5.95 Å². The fraction of sp³-hybridized carbons (Fsp3) is 0.278. The molecule has 2 N–H and O–H groups in total. The number of aromatic nitrogens is 3. The lowest BCUT2D eigenvalue weighted by Crippen LogP contribution is -2.26. The van der Waals surface area contributed by atoms with Gasteiger partial charge in [-0.1, -0.05) is 25.1 Å². The van der Waals surface area contributed by atoms with E-state index < -0.39 is 10.2 Å². The van der Waals surface area contributed by atoms with E-state index in [1.54, 1.807) is 42.7 Å². The Labute approximate surface area is 157 Å². The molecular weight excluding hydrogens is 366 g/mol. The first kappa shape index (κ1) is 18.8. The van der Waals surface area contributed by atoms with Gasteiger partial charge in [-0.2, -0.15) is 8.42 Å². The molecule has 0 saturated carbocycles. The molecule has 142 valence electrons. The van der Waals surface area contributed by atoms with Crippen LogP contribution in [0.4, 0.5) is 11.6 Å². The molecule has 0 aliphatic rings. The Morgan fingerprint density at radius 3 is 2.37 bits per heavy atom. The number of hydrogen-bond acceptors (Lipinski definition) is 5. The van der Waals surface area contributed by atoms with Crippen molar-refractivity contribution in [3.8, 4) is 0 Å². The quantitative estimate of drug-likeness (QED) is 0.676. The van der Waals surface area contributed by atoms with Gasteiger partial charge in [-0.3, -0.25) is 9.52 Å². The molecule has 0 amide bonds. The highest BCUT2D eigenvalue weighted by Crippen LogP contribution is 2.23. The third-order valence-electron chi connectivity index (χ3n) is 3.92. The second kappa shape index (κ2) is 7.36. The van der Waals surface area contributed by atoms with Gasteiger partial charge in [0.1, 0.15) is 0 Å². The normalized spacial score (nSPS) is 11.5. The minimum atomic E-state index is -4.03. The summed E-state index contributed by atoms with van der Waals surface area (Å²) in [6.07, 6.45) is 0.792. The van der Waals surface area contributed by atoms with Gasteiger partial charge in [0.05, 0.1) is 11.2 Å². The van der Waals surface area contributed by atoms with Crippen LogP contribution < -0.4 is 15.0 Å². The molecule has 27 heavy (non-hydrogen) atoms. The maximum Gasteiger partial charge on any atom is 0.323 e. The Bertz CT molecular complexity index is 1140. The molecule has 1 aromatic carbocycles. The number of aryl methyl sites for hydroxylation is 3. The van der Waals surface area contributed by atoms with Crippen LogP contribution in [0.2, 0.25) is 0 Å². The molecule has 0 unspecified atom stereocenters. The lowest BCUT2D eigenvalue weighted by molar-refractivity contribution is 0.605. The number of rotatable bonds is 6. The van der Waals surface area contributed by atoms with Crippen molar-refractivity contribution in [2.24, 2.45) is 0 Å². The fourth-order valence-corrected chi connectivity index (χ4v) is 3.78. The molecule has 9 heteroatoms. The van der Waals surface area contributed by atoms with Crippen molar-refractivity contribution >= 4 is 32.7 Å². The van der Waals surface area contributed by atoms with Gasteiger partial charge in [-0.05, 0) is 32.4 Å². The van der Waals surface area contributed by atoms with E-state index in [4.69, 9.17) is 0 Å². The zero-order chi connectivity index (χ0) is 19.6. The van der Waals surface area contributed by atoms with Crippen LogP contribution in [0.1, 0.15) is 24.7 Å². The van der Waals surface area contributed by atoms with Crippen molar-refractivity contribution in [1.82, 2.24) is 14.5 Å². The van der Waals surface area contributed by atoms with E-state index in [0.29, 0.717) is 28.8 Å². The van der Waals surface area contributed by atoms with Gasteiger partial charge in [0, 0.05) is 29.4 Å². The van der Waals surface area contributed by atoms with Gasteiger partial charge in [0.15, 0.2) is 0 Å². The monoisotopic (exact) mass is 387 g/mol. The van der Waals surface area contributed by atoms with Crippen molar-refractivity contribution in [2.75, 3.05) is 9.44 Å². The van der Waals surface area contributed by atoms with E-state index in [2.05, 4.69) is 19.4 Å². The van der Waals surface area contributed by atoms with Crippen LogP contribution in [0.3, 0.4) is 0 Å². The SMILES string of the molecule is CCCn1c(=O)cc(NS(=O)(=O)Nc2nc(C)cc(C)n2)c2ccccc21. The Kier molecular flexibility index (Phi) is 5.13. The minimum Gasteiger partial charge on any atom is -0.308 e. The zero-order valence-corrected chi connectivity index (χ0v) is 16.2. The van der Waals surface area contributed by atoms with Crippen LogP contribution in [-0.2, 0) is 16.8 Å². The highest BCUT2D eigenvalue weighted by atomic mass is 32.2. The van der Waals surface area contributed by atoms with E-state index >= 15 is 0 Å². The first-order valence-electron chi connectivity index (χ1n) is 8.54. The summed E-state index contributed by atoms with van der Waals surface area (Å²) in [5.41, 5.74) is 1.91. The molecule has 0 aliphatic heterocycles. The fourth-order valence-electron chi connectivity index (χ4n) is 2.94.